The Morgan fingerprint density at radius 3 is 2.44 bits per heavy atom. The number of carbonyl (C=O) groups is 2. The fourth-order valence-electron chi connectivity index (χ4n) is 4.41. The van der Waals surface area contributed by atoms with E-state index in [1.54, 1.807) is 31.2 Å². The number of hydrogen-bond acceptors (Lipinski definition) is 4. The van der Waals surface area contributed by atoms with Gasteiger partial charge in [0.2, 0.25) is 5.91 Å². The SMILES string of the molecule is CCC(=O)N1C(=O)OCC1Cc1ccc(OC23CC(C(F)(F)F)(C2)C3)cc1. The summed E-state index contributed by atoms with van der Waals surface area (Å²) in [6.45, 7) is 1.84. The normalized spacial score (nSPS) is 31.8. The van der Waals surface area contributed by atoms with Gasteiger partial charge in [0.25, 0.3) is 0 Å². The van der Waals surface area contributed by atoms with Crippen LogP contribution in [-0.2, 0) is 16.0 Å². The fourth-order valence-corrected chi connectivity index (χ4v) is 4.41. The number of alkyl halides is 3. The van der Waals surface area contributed by atoms with Gasteiger partial charge in [-0.2, -0.15) is 13.2 Å². The highest BCUT2D eigenvalue weighted by atomic mass is 19.4. The third-order valence-electron chi connectivity index (χ3n) is 5.84. The van der Waals surface area contributed by atoms with E-state index in [2.05, 4.69) is 0 Å². The Morgan fingerprint density at radius 2 is 1.89 bits per heavy atom. The summed E-state index contributed by atoms with van der Waals surface area (Å²) in [7, 11) is 0. The lowest BCUT2D eigenvalue weighted by Crippen LogP contribution is -2.74. The van der Waals surface area contributed by atoms with Crippen molar-refractivity contribution in [1.29, 1.82) is 0 Å². The van der Waals surface area contributed by atoms with E-state index in [-0.39, 0.29) is 44.2 Å². The molecule has 0 N–H and O–H groups in total. The lowest BCUT2D eigenvalue weighted by atomic mass is 9.40. The minimum absolute atomic E-state index is 0.0286. The minimum atomic E-state index is -4.15. The second-order valence-corrected chi connectivity index (χ2v) is 7.79. The van der Waals surface area contributed by atoms with Crippen molar-refractivity contribution < 1.29 is 32.2 Å². The molecule has 146 valence electrons. The molecule has 0 radical (unpaired) electrons. The van der Waals surface area contributed by atoms with Crippen LogP contribution in [0.3, 0.4) is 0 Å². The Kier molecular flexibility index (Phi) is 3.94. The highest BCUT2D eigenvalue weighted by molar-refractivity contribution is 5.93. The zero-order valence-corrected chi connectivity index (χ0v) is 14.8. The van der Waals surface area contributed by atoms with Gasteiger partial charge < -0.3 is 9.47 Å². The van der Waals surface area contributed by atoms with Crippen molar-refractivity contribution in [2.75, 3.05) is 6.61 Å². The maximum atomic E-state index is 12.9. The molecule has 5 rings (SSSR count). The first-order valence-electron chi connectivity index (χ1n) is 9.01. The van der Waals surface area contributed by atoms with E-state index < -0.39 is 23.3 Å². The highest BCUT2D eigenvalue weighted by Crippen LogP contribution is 2.74. The maximum absolute atomic E-state index is 12.9. The maximum Gasteiger partial charge on any atom is 0.416 e. The van der Waals surface area contributed by atoms with E-state index in [1.165, 1.54) is 0 Å². The number of amides is 2. The summed E-state index contributed by atoms with van der Waals surface area (Å²) < 4.78 is 49.5. The zero-order valence-electron chi connectivity index (χ0n) is 14.8. The largest absolute Gasteiger partial charge is 0.487 e. The predicted molar refractivity (Wildman–Crippen MR) is 88.1 cm³/mol. The smallest absolute Gasteiger partial charge is 0.416 e. The molecule has 1 unspecified atom stereocenters. The average Bonchev–Trinajstić information content (AvgIpc) is 2.89. The molecular weight excluding hydrogens is 363 g/mol. The number of ether oxygens (including phenoxy) is 2. The fraction of sp³-hybridized carbons (Fsp3) is 0.579. The van der Waals surface area contributed by atoms with Gasteiger partial charge in [-0.15, -0.1) is 0 Å². The lowest BCUT2D eigenvalue weighted by molar-refractivity contribution is -0.373. The zero-order chi connectivity index (χ0) is 19.4. The predicted octanol–water partition coefficient (Wildman–Crippen LogP) is 3.85. The van der Waals surface area contributed by atoms with E-state index in [1.807, 2.05) is 0 Å². The molecule has 1 atom stereocenters. The van der Waals surface area contributed by atoms with Gasteiger partial charge in [0.15, 0.2) is 0 Å². The molecule has 1 heterocycles. The van der Waals surface area contributed by atoms with Crippen LogP contribution < -0.4 is 4.74 Å². The van der Waals surface area contributed by atoms with E-state index in [0.29, 0.717) is 12.2 Å². The molecule has 4 aliphatic rings. The second kappa shape index (κ2) is 5.87. The summed E-state index contributed by atoms with van der Waals surface area (Å²) in [5.74, 6) is 0.263. The molecular formula is C19H20F3NO4. The van der Waals surface area contributed by atoms with Crippen LogP contribution in [0.4, 0.5) is 18.0 Å². The number of halogens is 3. The molecule has 27 heavy (non-hydrogen) atoms. The van der Waals surface area contributed by atoms with Crippen molar-refractivity contribution in [1.82, 2.24) is 4.90 Å². The number of imide groups is 1. The van der Waals surface area contributed by atoms with Crippen LogP contribution in [-0.4, -0.2) is 41.3 Å². The van der Waals surface area contributed by atoms with Crippen molar-refractivity contribution in [3.05, 3.63) is 29.8 Å². The Bertz CT molecular complexity index is 754. The number of benzene rings is 1. The van der Waals surface area contributed by atoms with Gasteiger partial charge in [-0.3, -0.25) is 4.79 Å². The van der Waals surface area contributed by atoms with Crippen LogP contribution in [0.2, 0.25) is 0 Å². The molecule has 1 aromatic carbocycles. The first-order valence-corrected chi connectivity index (χ1v) is 9.01. The van der Waals surface area contributed by atoms with E-state index in [9.17, 15) is 22.8 Å². The molecule has 0 spiro atoms. The molecule has 4 fully saturated rings. The van der Waals surface area contributed by atoms with E-state index >= 15 is 0 Å². The molecule has 2 bridgehead atoms. The van der Waals surface area contributed by atoms with E-state index in [0.717, 1.165) is 10.5 Å². The summed E-state index contributed by atoms with van der Waals surface area (Å²) in [6.07, 6.45) is -4.00. The highest BCUT2D eigenvalue weighted by Gasteiger charge is 2.80. The molecule has 3 saturated carbocycles. The van der Waals surface area contributed by atoms with Crippen molar-refractivity contribution in [3.8, 4) is 5.75 Å². The van der Waals surface area contributed by atoms with Crippen molar-refractivity contribution in [2.45, 2.75) is 56.8 Å². The quantitative estimate of drug-likeness (QED) is 0.775. The van der Waals surface area contributed by atoms with Gasteiger partial charge in [-0.05, 0) is 24.1 Å². The Morgan fingerprint density at radius 1 is 1.26 bits per heavy atom. The molecule has 3 aliphatic carbocycles. The molecule has 5 nitrogen and oxygen atoms in total. The Hall–Kier alpha value is -2.25. The average molecular weight is 383 g/mol. The Balaban J connectivity index is 1.35. The van der Waals surface area contributed by atoms with Crippen molar-refractivity contribution in [3.63, 3.8) is 0 Å². The summed E-state index contributed by atoms with van der Waals surface area (Å²) in [5.41, 5.74) is -1.31. The number of nitrogens with zero attached hydrogens (tertiary/aromatic N) is 1. The van der Waals surface area contributed by atoms with Crippen molar-refractivity contribution >= 4 is 12.0 Å². The van der Waals surface area contributed by atoms with Crippen LogP contribution in [0.25, 0.3) is 0 Å². The molecule has 2 amide bonds. The standard InChI is InChI=1S/C19H20F3NO4/c1-2-15(24)23-13(8-26-16(23)25)7-12-3-5-14(6-4-12)27-18-9-17(10-18,11-18)19(20,21)22/h3-6,13H,2,7-11H2,1H3. The van der Waals surface area contributed by atoms with Gasteiger partial charge in [-0.1, -0.05) is 19.1 Å². The van der Waals surface area contributed by atoms with Crippen LogP contribution in [0.15, 0.2) is 24.3 Å². The van der Waals surface area contributed by atoms with E-state index in [4.69, 9.17) is 9.47 Å². The summed E-state index contributed by atoms with van der Waals surface area (Å²) in [6, 6.07) is 6.70. The first-order chi connectivity index (χ1) is 12.7. The number of hydrogen-bond donors (Lipinski definition) is 0. The summed E-state index contributed by atoms with van der Waals surface area (Å²) in [4.78, 5) is 24.8. The van der Waals surface area contributed by atoms with Gasteiger partial charge in [0, 0.05) is 25.7 Å². The number of carbonyl (C=O) groups excluding carboxylic acids is 2. The summed E-state index contributed by atoms with van der Waals surface area (Å²) in [5, 5.41) is 0. The monoisotopic (exact) mass is 383 g/mol. The lowest BCUT2D eigenvalue weighted by Gasteiger charge is -2.69. The van der Waals surface area contributed by atoms with Gasteiger partial charge in [0.1, 0.15) is 18.0 Å². The molecule has 8 heteroatoms. The second-order valence-electron chi connectivity index (χ2n) is 7.79. The van der Waals surface area contributed by atoms with Crippen molar-refractivity contribution in [2.24, 2.45) is 5.41 Å². The topological polar surface area (TPSA) is 55.8 Å². The van der Waals surface area contributed by atoms with Gasteiger partial charge in [0.05, 0.1) is 11.5 Å². The van der Waals surface area contributed by atoms with Gasteiger partial charge >= 0.3 is 12.3 Å². The molecule has 1 saturated heterocycles. The van der Waals surface area contributed by atoms with Crippen LogP contribution >= 0.6 is 0 Å². The Labute approximate surface area is 154 Å². The van der Waals surface area contributed by atoms with Gasteiger partial charge in [-0.25, -0.2) is 9.69 Å². The molecule has 1 aromatic rings. The number of rotatable bonds is 5. The summed E-state index contributed by atoms with van der Waals surface area (Å²) >= 11 is 0. The third-order valence-corrected chi connectivity index (χ3v) is 5.84. The minimum Gasteiger partial charge on any atom is -0.487 e. The molecule has 0 aromatic heterocycles. The third kappa shape index (κ3) is 2.85. The first kappa shape index (κ1) is 18.1. The van der Waals surface area contributed by atoms with Crippen LogP contribution in [0, 0.1) is 5.41 Å². The number of cyclic esters (lactones) is 1. The molecule has 1 aliphatic heterocycles. The van der Waals surface area contributed by atoms with Crippen LogP contribution in [0.1, 0.15) is 38.2 Å². The van der Waals surface area contributed by atoms with Crippen LogP contribution in [0.5, 0.6) is 5.75 Å².